The van der Waals surface area contributed by atoms with Gasteiger partial charge in [0.15, 0.2) is 0 Å². The first-order valence-electron chi connectivity index (χ1n) is 4.22. The van der Waals surface area contributed by atoms with Crippen molar-refractivity contribution in [2.75, 3.05) is 5.32 Å². The van der Waals surface area contributed by atoms with Crippen LogP contribution >= 0.6 is 27.3 Å². The number of aryl methyl sites for hydroxylation is 1. The van der Waals surface area contributed by atoms with Gasteiger partial charge in [-0.15, -0.1) is 11.3 Å². The molecule has 0 amide bonds. The van der Waals surface area contributed by atoms with Crippen LogP contribution < -0.4 is 5.32 Å². The van der Waals surface area contributed by atoms with Gasteiger partial charge < -0.3 is 5.32 Å². The summed E-state index contributed by atoms with van der Waals surface area (Å²) in [5.74, 6) is 0.914. The number of aromatic nitrogens is 2. The van der Waals surface area contributed by atoms with Gasteiger partial charge in [0.2, 0.25) is 0 Å². The molecule has 5 heteroatoms. The molecule has 0 unspecified atom stereocenters. The standard InChI is InChI=1S/C9H10BrN3S/c1-13-5-4-9(12-13)11-6-7-2-3-8(10)14-7/h2-5H,6H2,1H3,(H,11,12). The maximum Gasteiger partial charge on any atom is 0.148 e. The van der Waals surface area contributed by atoms with E-state index in [2.05, 4.69) is 38.5 Å². The quantitative estimate of drug-likeness (QED) is 0.931. The zero-order valence-corrected chi connectivity index (χ0v) is 10.1. The van der Waals surface area contributed by atoms with Gasteiger partial charge in [0, 0.05) is 24.2 Å². The average molecular weight is 272 g/mol. The predicted octanol–water partition coefficient (Wildman–Crippen LogP) is 2.86. The Kier molecular flexibility index (Phi) is 2.88. The number of halogens is 1. The van der Waals surface area contributed by atoms with Gasteiger partial charge >= 0.3 is 0 Å². The van der Waals surface area contributed by atoms with E-state index < -0.39 is 0 Å². The van der Waals surface area contributed by atoms with Gasteiger partial charge in [-0.1, -0.05) is 0 Å². The lowest BCUT2D eigenvalue weighted by molar-refractivity contribution is 0.768. The molecule has 2 aromatic heterocycles. The normalized spacial score (nSPS) is 10.4. The molecule has 74 valence electrons. The van der Waals surface area contributed by atoms with Gasteiger partial charge in [-0.25, -0.2) is 0 Å². The Hall–Kier alpha value is -0.810. The molecule has 3 nitrogen and oxygen atoms in total. The Morgan fingerprint density at radius 1 is 1.50 bits per heavy atom. The molecule has 0 fully saturated rings. The Morgan fingerprint density at radius 2 is 2.36 bits per heavy atom. The van der Waals surface area contributed by atoms with Gasteiger partial charge in [-0.2, -0.15) is 5.10 Å². The molecule has 0 aliphatic heterocycles. The molecule has 0 spiro atoms. The minimum absolute atomic E-state index is 0.827. The third-order valence-corrected chi connectivity index (χ3v) is 3.41. The van der Waals surface area contributed by atoms with Crippen LogP contribution in [-0.2, 0) is 13.6 Å². The minimum Gasteiger partial charge on any atom is -0.364 e. The van der Waals surface area contributed by atoms with E-state index in [1.54, 1.807) is 16.0 Å². The largest absolute Gasteiger partial charge is 0.364 e. The van der Waals surface area contributed by atoms with E-state index >= 15 is 0 Å². The summed E-state index contributed by atoms with van der Waals surface area (Å²) in [5.41, 5.74) is 0. The van der Waals surface area contributed by atoms with Crippen molar-refractivity contribution in [2.24, 2.45) is 7.05 Å². The molecule has 0 aromatic carbocycles. The van der Waals surface area contributed by atoms with Gasteiger partial charge in [0.05, 0.1) is 10.3 Å². The van der Waals surface area contributed by atoms with Gasteiger partial charge in [-0.05, 0) is 28.1 Å². The molecule has 0 saturated heterocycles. The fourth-order valence-corrected chi connectivity index (χ4v) is 2.56. The zero-order valence-electron chi connectivity index (χ0n) is 7.70. The Bertz CT molecular complexity index is 381. The van der Waals surface area contributed by atoms with E-state index in [-0.39, 0.29) is 0 Å². The van der Waals surface area contributed by atoms with Gasteiger partial charge in [0.25, 0.3) is 0 Å². The van der Waals surface area contributed by atoms with Crippen molar-refractivity contribution in [1.82, 2.24) is 9.78 Å². The first kappa shape index (κ1) is 9.73. The lowest BCUT2D eigenvalue weighted by Crippen LogP contribution is -1.98. The van der Waals surface area contributed by atoms with Crippen LogP contribution in [0, 0.1) is 0 Å². The van der Waals surface area contributed by atoms with Crippen LogP contribution in [-0.4, -0.2) is 9.78 Å². The Balaban J connectivity index is 1.94. The number of thiophene rings is 1. The van der Waals surface area contributed by atoms with Crippen LogP contribution in [0.15, 0.2) is 28.2 Å². The smallest absolute Gasteiger partial charge is 0.148 e. The van der Waals surface area contributed by atoms with E-state index in [9.17, 15) is 0 Å². The second-order valence-corrected chi connectivity index (χ2v) is 5.48. The molecule has 1 N–H and O–H groups in total. The average Bonchev–Trinajstić information content (AvgIpc) is 2.72. The highest BCUT2D eigenvalue weighted by Crippen LogP contribution is 2.22. The number of hydrogen-bond acceptors (Lipinski definition) is 3. The Morgan fingerprint density at radius 3 is 2.93 bits per heavy atom. The van der Waals surface area contributed by atoms with Gasteiger partial charge in [0.1, 0.15) is 5.82 Å². The molecule has 0 aliphatic rings. The highest BCUT2D eigenvalue weighted by atomic mass is 79.9. The summed E-state index contributed by atoms with van der Waals surface area (Å²) in [7, 11) is 1.91. The lowest BCUT2D eigenvalue weighted by atomic mass is 10.4. The fraction of sp³-hybridized carbons (Fsp3) is 0.222. The number of hydrogen-bond donors (Lipinski definition) is 1. The monoisotopic (exact) mass is 271 g/mol. The second-order valence-electron chi connectivity index (χ2n) is 2.93. The summed E-state index contributed by atoms with van der Waals surface area (Å²) in [6.07, 6.45) is 1.92. The number of anilines is 1. The number of nitrogens with one attached hydrogen (secondary N) is 1. The molecule has 2 aromatic rings. The molecule has 2 rings (SSSR count). The summed E-state index contributed by atoms with van der Waals surface area (Å²) < 4.78 is 2.95. The summed E-state index contributed by atoms with van der Waals surface area (Å²) in [6, 6.07) is 6.12. The minimum atomic E-state index is 0.827. The third kappa shape index (κ3) is 2.36. The second kappa shape index (κ2) is 4.14. The molecule has 0 saturated carbocycles. The molecular formula is C9H10BrN3S. The van der Waals surface area contributed by atoms with Crippen LogP contribution in [0.4, 0.5) is 5.82 Å². The van der Waals surface area contributed by atoms with E-state index in [0.29, 0.717) is 0 Å². The SMILES string of the molecule is Cn1ccc(NCc2ccc(Br)s2)n1. The molecule has 0 radical (unpaired) electrons. The van der Waals surface area contributed by atoms with E-state index in [0.717, 1.165) is 16.1 Å². The Labute approximate surface area is 94.9 Å². The van der Waals surface area contributed by atoms with E-state index in [1.807, 2.05) is 19.3 Å². The van der Waals surface area contributed by atoms with Crippen LogP contribution in [0.1, 0.15) is 4.88 Å². The summed E-state index contributed by atoms with van der Waals surface area (Å²) in [6.45, 7) is 0.827. The van der Waals surface area contributed by atoms with Crippen molar-refractivity contribution in [3.8, 4) is 0 Å². The zero-order chi connectivity index (χ0) is 9.97. The predicted molar refractivity (Wildman–Crippen MR) is 62.6 cm³/mol. The van der Waals surface area contributed by atoms with E-state index in [1.165, 1.54) is 4.88 Å². The first-order valence-corrected chi connectivity index (χ1v) is 5.83. The van der Waals surface area contributed by atoms with Crippen LogP contribution in [0.5, 0.6) is 0 Å². The molecular weight excluding hydrogens is 262 g/mol. The van der Waals surface area contributed by atoms with Crippen molar-refractivity contribution in [3.05, 3.63) is 33.1 Å². The van der Waals surface area contributed by atoms with Crippen LogP contribution in [0.3, 0.4) is 0 Å². The topological polar surface area (TPSA) is 29.9 Å². The van der Waals surface area contributed by atoms with Crippen molar-refractivity contribution in [1.29, 1.82) is 0 Å². The molecule has 0 bridgehead atoms. The number of nitrogens with zero attached hydrogens (tertiary/aromatic N) is 2. The maximum atomic E-state index is 4.23. The van der Waals surface area contributed by atoms with Crippen LogP contribution in [0.25, 0.3) is 0 Å². The van der Waals surface area contributed by atoms with Crippen molar-refractivity contribution in [3.63, 3.8) is 0 Å². The van der Waals surface area contributed by atoms with Crippen molar-refractivity contribution in [2.45, 2.75) is 6.54 Å². The summed E-state index contributed by atoms with van der Waals surface area (Å²) in [5, 5.41) is 7.48. The highest BCUT2D eigenvalue weighted by Gasteiger charge is 1.99. The summed E-state index contributed by atoms with van der Waals surface area (Å²) in [4.78, 5) is 1.29. The molecule has 14 heavy (non-hydrogen) atoms. The van der Waals surface area contributed by atoms with Crippen molar-refractivity contribution < 1.29 is 0 Å². The first-order chi connectivity index (χ1) is 6.74. The van der Waals surface area contributed by atoms with E-state index in [4.69, 9.17) is 0 Å². The molecule has 0 aliphatic carbocycles. The molecule has 2 heterocycles. The summed E-state index contributed by atoms with van der Waals surface area (Å²) >= 11 is 5.17. The lowest BCUT2D eigenvalue weighted by Gasteiger charge is -1.98. The molecule has 0 atom stereocenters. The van der Waals surface area contributed by atoms with Crippen LogP contribution in [0.2, 0.25) is 0 Å². The third-order valence-electron chi connectivity index (χ3n) is 1.79. The highest BCUT2D eigenvalue weighted by molar-refractivity contribution is 9.11. The fourth-order valence-electron chi connectivity index (χ4n) is 1.13. The maximum absolute atomic E-state index is 4.23. The van der Waals surface area contributed by atoms with Crippen molar-refractivity contribution >= 4 is 33.1 Å². The number of rotatable bonds is 3. The van der Waals surface area contributed by atoms with Gasteiger partial charge in [-0.3, -0.25) is 4.68 Å².